The smallest absolute Gasteiger partial charge is 0.257 e. The number of amides is 1. The van der Waals surface area contributed by atoms with Gasteiger partial charge >= 0.3 is 0 Å². The molecule has 0 unspecified atom stereocenters. The molecule has 0 atom stereocenters. The summed E-state index contributed by atoms with van der Waals surface area (Å²) in [4.78, 5) is 22.6. The summed E-state index contributed by atoms with van der Waals surface area (Å²) in [6.45, 7) is 9.23. The Bertz CT molecular complexity index is 1910. The second-order valence-corrected chi connectivity index (χ2v) is 12.5. The van der Waals surface area contributed by atoms with Gasteiger partial charge in [-0.2, -0.15) is 0 Å². The highest BCUT2D eigenvalue weighted by Crippen LogP contribution is 2.37. The first-order valence-corrected chi connectivity index (χ1v) is 16.8. The maximum atomic E-state index is 13.4. The molecule has 0 aliphatic carbocycles. The molecule has 2 N–H and O–H groups in total. The van der Waals surface area contributed by atoms with E-state index in [0.29, 0.717) is 12.2 Å². The van der Waals surface area contributed by atoms with Crippen LogP contribution in [0.2, 0.25) is 0 Å². The van der Waals surface area contributed by atoms with E-state index >= 15 is 0 Å². The molecule has 5 aromatic rings. The minimum atomic E-state index is -0.131. The monoisotopic (exact) mass is 644 g/mol. The summed E-state index contributed by atoms with van der Waals surface area (Å²) in [6.07, 6.45) is 6.71. The Labute approximate surface area is 280 Å². The van der Waals surface area contributed by atoms with E-state index in [9.17, 15) is 4.79 Å². The van der Waals surface area contributed by atoms with Crippen molar-refractivity contribution in [2.75, 3.05) is 81.3 Å². The van der Waals surface area contributed by atoms with E-state index in [1.807, 2.05) is 48.8 Å². The predicted octanol–water partition coefficient (Wildman–Crippen LogP) is 5.80. The van der Waals surface area contributed by atoms with Gasteiger partial charge in [0.1, 0.15) is 5.75 Å². The van der Waals surface area contributed by atoms with Crippen molar-refractivity contribution in [2.45, 2.75) is 13.0 Å². The SMILES string of the molecule is O=C1Nc2cc(CCOc3ccc(N4CCOCC4)cc3)ccc2Nc2cc(-c3cn(CCN4CCOCC4)c4cnccc34)ccc21. The number of fused-ring (bicyclic) bond motifs is 3. The zero-order valence-corrected chi connectivity index (χ0v) is 27.0. The number of benzene rings is 3. The molecule has 3 aromatic carbocycles. The highest BCUT2D eigenvalue weighted by molar-refractivity contribution is 6.13. The number of ether oxygens (including phenoxy) is 3. The van der Waals surface area contributed by atoms with Crippen LogP contribution in [0.1, 0.15) is 15.9 Å². The summed E-state index contributed by atoms with van der Waals surface area (Å²) in [5.74, 6) is 0.716. The van der Waals surface area contributed by atoms with E-state index in [2.05, 4.69) is 66.5 Å². The Kier molecular flexibility index (Phi) is 8.67. The minimum Gasteiger partial charge on any atom is -0.493 e. The fraction of sp³-hybridized carbons (Fsp3) is 0.316. The van der Waals surface area contributed by atoms with Crippen LogP contribution in [0.15, 0.2) is 85.3 Å². The van der Waals surface area contributed by atoms with E-state index in [4.69, 9.17) is 14.2 Å². The zero-order valence-electron chi connectivity index (χ0n) is 27.0. The molecular weight excluding hydrogens is 604 g/mol. The fourth-order valence-corrected chi connectivity index (χ4v) is 6.80. The van der Waals surface area contributed by atoms with Gasteiger partial charge in [0.15, 0.2) is 0 Å². The molecule has 0 bridgehead atoms. The van der Waals surface area contributed by atoms with Crippen molar-refractivity contribution in [1.29, 1.82) is 0 Å². The normalized spacial score (nSPS) is 16.5. The molecule has 8 rings (SSSR count). The van der Waals surface area contributed by atoms with Crippen molar-refractivity contribution in [3.05, 3.63) is 96.4 Å². The van der Waals surface area contributed by atoms with Gasteiger partial charge in [0.25, 0.3) is 5.91 Å². The number of carbonyl (C=O) groups is 1. The molecule has 5 heterocycles. The molecule has 3 aliphatic heterocycles. The number of nitrogens with zero attached hydrogens (tertiary/aromatic N) is 4. The Morgan fingerprint density at radius 1 is 0.771 bits per heavy atom. The summed E-state index contributed by atoms with van der Waals surface area (Å²) >= 11 is 0. The average Bonchev–Trinajstić information content (AvgIpc) is 3.44. The van der Waals surface area contributed by atoms with Crippen LogP contribution < -0.4 is 20.3 Å². The summed E-state index contributed by atoms with van der Waals surface area (Å²) in [7, 11) is 0. The van der Waals surface area contributed by atoms with Crippen molar-refractivity contribution >= 4 is 39.6 Å². The number of nitrogens with one attached hydrogen (secondary N) is 2. The van der Waals surface area contributed by atoms with Crippen molar-refractivity contribution in [3.8, 4) is 16.9 Å². The van der Waals surface area contributed by atoms with Crippen molar-refractivity contribution in [2.24, 2.45) is 0 Å². The number of morpholine rings is 2. The van der Waals surface area contributed by atoms with Crippen molar-refractivity contribution in [3.63, 3.8) is 0 Å². The fourth-order valence-electron chi connectivity index (χ4n) is 6.80. The maximum Gasteiger partial charge on any atom is 0.257 e. The van der Waals surface area contributed by atoms with E-state index in [-0.39, 0.29) is 5.91 Å². The Morgan fingerprint density at radius 2 is 1.58 bits per heavy atom. The van der Waals surface area contributed by atoms with E-state index < -0.39 is 0 Å². The summed E-state index contributed by atoms with van der Waals surface area (Å²) in [6, 6.07) is 22.5. The number of hydrogen-bond acceptors (Lipinski definition) is 8. The number of carbonyl (C=O) groups excluding carboxylic acids is 1. The third-order valence-corrected chi connectivity index (χ3v) is 9.49. The van der Waals surface area contributed by atoms with Gasteiger partial charge in [0.2, 0.25) is 0 Å². The van der Waals surface area contributed by atoms with Gasteiger partial charge in [-0.3, -0.25) is 14.7 Å². The van der Waals surface area contributed by atoms with Crippen LogP contribution in [0.25, 0.3) is 22.0 Å². The molecule has 246 valence electrons. The lowest BCUT2D eigenvalue weighted by Gasteiger charge is -2.28. The van der Waals surface area contributed by atoms with Crippen molar-refractivity contribution in [1.82, 2.24) is 14.5 Å². The average molecular weight is 645 g/mol. The van der Waals surface area contributed by atoms with Gasteiger partial charge in [-0.1, -0.05) is 12.1 Å². The molecule has 0 spiro atoms. The maximum absolute atomic E-state index is 13.4. The number of aromatic nitrogens is 2. The highest BCUT2D eigenvalue weighted by Gasteiger charge is 2.21. The standard InChI is InChI=1S/C38H40N6O4/c45-38-32-7-2-28(33-26-44(37-25-39-11-9-31(33)37)13-12-42-14-19-46-20-15-42)24-35(32)40-34-8-1-27(23-36(34)41-38)10-18-48-30-5-3-29(4-6-30)43-16-21-47-22-17-43/h1-9,11,23-26,40H,10,12-22H2,(H,41,45). The van der Waals surface area contributed by atoms with Crippen LogP contribution in [0.4, 0.5) is 22.7 Å². The second kappa shape index (κ2) is 13.7. The lowest BCUT2D eigenvalue weighted by Crippen LogP contribution is -2.38. The third-order valence-electron chi connectivity index (χ3n) is 9.49. The number of rotatable bonds is 9. The quantitative estimate of drug-likeness (QED) is 0.208. The molecule has 10 heteroatoms. The third kappa shape index (κ3) is 6.47. The lowest BCUT2D eigenvalue weighted by molar-refractivity contribution is 0.0365. The Hall–Kier alpha value is -4.90. The first kappa shape index (κ1) is 30.4. The van der Waals surface area contributed by atoms with Crippen LogP contribution in [0, 0.1) is 0 Å². The van der Waals surface area contributed by atoms with Crippen LogP contribution in [0.5, 0.6) is 5.75 Å². The van der Waals surface area contributed by atoms with Gasteiger partial charge in [0, 0.05) is 74.7 Å². The highest BCUT2D eigenvalue weighted by atomic mass is 16.5. The summed E-state index contributed by atoms with van der Waals surface area (Å²) in [5.41, 5.74) is 8.56. The zero-order chi connectivity index (χ0) is 32.3. The van der Waals surface area contributed by atoms with Gasteiger partial charge in [0.05, 0.1) is 67.4 Å². The topological polar surface area (TPSA) is 93.1 Å². The molecule has 2 aromatic heterocycles. The van der Waals surface area contributed by atoms with E-state index in [1.165, 1.54) is 5.69 Å². The molecule has 0 saturated carbocycles. The molecule has 10 nitrogen and oxygen atoms in total. The molecule has 0 radical (unpaired) electrons. The van der Waals surface area contributed by atoms with Crippen LogP contribution in [0.3, 0.4) is 0 Å². The first-order chi connectivity index (χ1) is 23.7. The van der Waals surface area contributed by atoms with Crippen molar-refractivity contribution < 1.29 is 19.0 Å². The summed E-state index contributed by atoms with van der Waals surface area (Å²) < 4.78 is 19.3. The summed E-state index contributed by atoms with van der Waals surface area (Å²) in [5, 5.41) is 7.81. The van der Waals surface area contributed by atoms with Gasteiger partial charge in [-0.05, 0) is 65.7 Å². The number of hydrogen-bond donors (Lipinski definition) is 2. The van der Waals surface area contributed by atoms with Gasteiger partial charge in [-0.15, -0.1) is 0 Å². The van der Waals surface area contributed by atoms with E-state index in [0.717, 1.165) is 123 Å². The van der Waals surface area contributed by atoms with E-state index in [1.54, 1.807) is 0 Å². The minimum absolute atomic E-state index is 0.131. The largest absolute Gasteiger partial charge is 0.493 e. The predicted molar refractivity (Wildman–Crippen MR) is 189 cm³/mol. The van der Waals surface area contributed by atoms with Crippen LogP contribution in [-0.4, -0.2) is 86.1 Å². The van der Waals surface area contributed by atoms with Crippen LogP contribution >= 0.6 is 0 Å². The van der Waals surface area contributed by atoms with Gasteiger partial charge in [-0.25, -0.2) is 0 Å². The molecule has 2 fully saturated rings. The van der Waals surface area contributed by atoms with Crippen LogP contribution in [-0.2, 0) is 22.4 Å². The number of anilines is 4. The molecule has 3 aliphatic rings. The second-order valence-electron chi connectivity index (χ2n) is 12.5. The molecular formula is C38H40N6O4. The Balaban J connectivity index is 0.959. The van der Waals surface area contributed by atoms with Gasteiger partial charge < -0.3 is 34.3 Å². The number of pyridine rings is 1. The Morgan fingerprint density at radius 3 is 2.42 bits per heavy atom. The first-order valence-electron chi connectivity index (χ1n) is 16.8. The lowest BCUT2D eigenvalue weighted by atomic mass is 10.0. The molecule has 2 saturated heterocycles. The molecule has 1 amide bonds. The molecule has 48 heavy (non-hydrogen) atoms.